The second-order valence-electron chi connectivity index (χ2n) is 33.1. The predicted octanol–water partition coefficient (Wildman–Crippen LogP) is 6.61. The number of aromatic nitrogens is 3. The number of carbonyl (C=O) groups is 9. The van der Waals surface area contributed by atoms with Crippen molar-refractivity contribution in [3.8, 4) is 5.75 Å². The number of imidazole rings is 1. The first-order valence-corrected chi connectivity index (χ1v) is 44.9. The Morgan fingerprint density at radius 3 is 1.54 bits per heavy atom. The lowest BCUT2D eigenvalue weighted by molar-refractivity contribution is -0.158. The lowest BCUT2D eigenvalue weighted by Crippen LogP contribution is -2.58. The number of rotatable bonds is 36. The lowest BCUT2D eigenvalue weighted by atomic mass is 9.76. The Hall–Kier alpha value is -10.6. The summed E-state index contributed by atoms with van der Waals surface area (Å²) < 4.78 is 118. The van der Waals surface area contributed by atoms with Crippen LogP contribution in [0.25, 0.3) is 10.9 Å². The van der Waals surface area contributed by atoms with Gasteiger partial charge in [-0.1, -0.05) is 97.1 Å². The minimum atomic E-state index is -4.63. The highest BCUT2D eigenvalue weighted by molar-refractivity contribution is 8.19. The van der Waals surface area contributed by atoms with Crippen LogP contribution in [0.15, 0.2) is 150 Å². The molecule has 3 heterocycles. The SMILES string of the molecule is Cc1cc(OCCCC(=O)NCCNC(=O)[C@H](CS(O)(O)O)NC(=O)[C@H](CS(O)(O)O)NC(=O)CN2CCN(CC(=O)OC(C)(C)C)CCN(CC(=O)OC(C)(C)C)CCN(C(=O)OC(C)(C)C)CC2)cc(C)c1S(=O)(=O)N[C@@H](CNC(=O)c1cn(C)c2cc(CNc3nccn3C(c3ccccc3)(c3ccccc3)c3ccccc3)ccc2c1=O)C(=O)O. The van der Waals surface area contributed by atoms with Gasteiger partial charge in [0.05, 0.1) is 69.9 Å². The van der Waals surface area contributed by atoms with Gasteiger partial charge in [-0.3, -0.25) is 62.4 Å². The third kappa shape index (κ3) is 30.1. The number of amides is 6. The number of esters is 2. The largest absolute Gasteiger partial charge is 0.494 e. The number of aliphatic carboxylic acids is 1. The van der Waals surface area contributed by atoms with Gasteiger partial charge < -0.3 is 92.7 Å². The molecule has 0 spiro atoms. The zero-order valence-corrected chi connectivity index (χ0v) is 74.1. The van der Waals surface area contributed by atoms with Crippen molar-refractivity contribution in [2.24, 2.45) is 7.05 Å². The van der Waals surface area contributed by atoms with E-state index in [1.54, 1.807) is 113 Å². The zero-order chi connectivity index (χ0) is 91.3. The van der Waals surface area contributed by atoms with Crippen molar-refractivity contribution in [2.75, 3.05) is 115 Å². The standard InChI is InChI=1S/C84H116N14O23S3/c1-56-45-62(46-57(2)74(56)124(116,117)92-65(78(107)108)49-88-75(104)64-50-93(12)68-47-58(30-31-63(68)73(64)103)48-89-79-87-34-35-98(79)84(59-23-16-13-17-24-59,60-25-18-14-19-26-60)61-27-20-15-21-28-61)118-44-22-29-69(99)85-32-33-86-76(105)66(54-122(110,111)112)91-77(106)67(55-123(113,114)115)90-70(100)51-94-36-37-95(52-71(101)119-81(3,4)5)38-39-96(53-72(102)120-82(6,7)8)41-43-97(42-40-94)80(109)121-83(9,10)11/h13-21,23-28,30-31,34-35,45-47,50,65-67,92,110-115H,22,29,32-33,36-44,48-49,51-55H2,1-12H3,(H,85,99)(H,86,105)(H,87,89)(H,88,104)(H,90,100)(H,91,106)(H,107,108)/t65-,66-,67-/m0/s1. The Kier molecular flexibility index (Phi) is 34.5. The molecule has 0 unspecified atom stereocenters. The average molecular weight is 1790 g/mol. The van der Waals surface area contributed by atoms with Crippen molar-refractivity contribution in [1.82, 2.24) is 65.0 Å². The number of fused-ring (bicyclic) bond motifs is 1. The van der Waals surface area contributed by atoms with Gasteiger partial charge >= 0.3 is 24.0 Å². The highest BCUT2D eigenvalue weighted by Crippen LogP contribution is 2.43. The van der Waals surface area contributed by atoms with Crippen molar-refractivity contribution < 1.29 is 103 Å². The van der Waals surface area contributed by atoms with E-state index in [9.17, 15) is 88.8 Å². The van der Waals surface area contributed by atoms with Crippen LogP contribution < -0.4 is 46.8 Å². The first kappa shape index (κ1) is 98.8. The van der Waals surface area contributed by atoms with Crippen LogP contribution in [-0.2, 0) is 76.9 Å². The maximum absolute atomic E-state index is 14.1. The molecule has 1 aliphatic heterocycles. The smallest absolute Gasteiger partial charge is 0.410 e. The number of nitrogens with one attached hydrogen (secondary N) is 7. The maximum atomic E-state index is 14.1. The number of carboxylic acids is 1. The van der Waals surface area contributed by atoms with Crippen molar-refractivity contribution in [3.63, 3.8) is 0 Å². The summed E-state index contributed by atoms with van der Waals surface area (Å²) in [5.74, 6) is -9.45. The number of carbonyl (C=O) groups excluding carboxylic acids is 8. The van der Waals surface area contributed by atoms with E-state index in [2.05, 4.69) is 77.6 Å². The minimum absolute atomic E-state index is 0.0113. The van der Waals surface area contributed by atoms with Gasteiger partial charge in [-0.15, -0.1) is 0 Å². The van der Waals surface area contributed by atoms with Gasteiger partial charge in [0.15, 0.2) is 0 Å². The summed E-state index contributed by atoms with van der Waals surface area (Å²) in [4.78, 5) is 146. The van der Waals surface area contributed by atoms with E-state index in [4.69, 9.17) is 23.9 Å². The molecule has 3 atom stereocenters. The number of hydrogen-bond donors (Lipinski definition) is 14. The van der Waals surface area contributed by atoms with E-state index in [1.165, 1.54) is 37.1 Å². The average Bonchev–Trinajstić information content (AvgIpc) is 1.32. The lowest BCUT2D eigenvalue weighted by Gasteiger charge is -2.38. The van der Waals surface area contributed by atoms with Crippen LogP contribution in [0.5, 0.6) is 5.75 Å². The second-order valence-corrected chi connectivity index (χ2v) is 37.9. The molecule has 1 saturated heterocycles. The second kappa shape index (κ2) is 43.3. The minimum Gasteiger partial charge on any atom is -0.494 e. The number of hydrogen-bond acceptors (Lipinski definition) is 27. The van der Waals surface area contributed by atoms with Gasteiger partial charge in [-0.2, -0.15) is 4.72 Å². The van der Waals surface area contributed by atoms with Gasteiger partial charge in [-0.25, -0.2) is 18.2 Å². The van der Waals surface area contributed by atoms with Gasteiger partial charge in [0.25, 0.3) is 5.91 Å². The Balaban J connectivity index is 0.821. The Morgan fingerprint density at radius 1 is 0.565 bits per heavy atom. The number of aryl methyl sites for hydroxylation is 3. The van der Waals surface area contributed by atoms with Crippen molar-refractivity contribution in [2.45, 2.75) is 141 Å². The zero-order valence-electron chi connectivity index (χ0n) is 71.7. The van der Waals surface area contributed by atoms with Crippen molar-refractivity contribution in [3.05, 3.63) is 189 Å². The molecule has 8 rings (SSSR count). The number of ether oxygens (including phenoxy) is 4. The van der Waals surface area contributed by atoms with Crippen LogP contribution in [-0.4, -0.2) is 273 Å². The summed E-state index contributed by atoms with van der Waals surface area (Å²) in [6.45, 7) is 16.6. The van der Waals surface area contributed by atoms with Crippen molar-refractivity contribution in [1.29, 1.82) is 0 Å². The molecular weight excluding hydrogens is 1670 g/mol. The third-order valence-corrected chi connectivity index (χ3v) is 22.7. The molecule has 1 aliphatic rings. The topological polar surface area (TPSA) is 503 Å². The molecule has 0 radical (unpaired) electrons. The van der Waals surface area contributed by atoms with Crippen molar-refractivity contribution >= 4 is 102 Å². The van der Waals surface area contributed by atoms with Gasteiger partial charge in [0.2, 0.25) is 45.0 Å². The van der Waals surface area contributed by atoms with Gasteiger partial charge in [-0.05, 0) is 140 Å². The fraction of sp³-hybridized carbons (Fsp3) is 0.464. The Labute approximate surface area is 724 Å². The van der Waals surface area contributed by atoms with Gasteiger partial charge in [0.1, 0.15) is 51.8 Å². The number of sulfonamides is 1. The van der Waals surface area contributed by atoms with Gasteiger partial charge in [0, 0.05) is 116 Å². The van der Waals surface area contributed by atoms with Crippen LogP contribution >= 0.6 is 21.7 Å². The molecule has 0 bridgehead atoms. The molecule has 678 valence electrons. The molecule has 37 nitrogen and oxygen atoms in total. The molecule has 5 aromatic carbocycles. The van der Waals surface area contributed by atoms with E-state index >= 15 is 0 Å². The molecule has 0 aliphatic carbocycles. The normalized spacial score (nSPS) is 15.0. The molecule has 2 aromatic heterocycles. The molecule has 40 heteroatoms. The van der Waals surface area contributed by atoms with Crippen LogP contribution in [0.4, 0.5) is 10.7 Å². The summed E-state index contributed by atoms with van der Waals surface area (Å²) in [6.07, 6.45) is 4.21. The predicted molar refractivity (Wildman–Crippen MR) is 467 cm³/mol. The molecular formula is C84H116N14O23S3. The van der Waals surface area contributed by atoms with E-state index in [0.29, 0.717) is 11.5 Å². The number of anilines is 1. The fourth-order valence-electron chi connectivity index (χ4n) is 14.0. The molecule has 7 aromatic rings. The Morgan fingerprint density at radius 2 is 1.05 bits per heavy atom. The summed E-state index contributed by atoms with van der Waals surface area (Å²) in [5, 5.41) is 25.7. The molecule has 1 fully saturated rings. The molecule has 0 saturated carbocycles. The van der Waals surface area contributed by atoms with Crippen LogP contribution in [0, 0.1) is 13.8 Å². The van der Waals surface area contributed by atoms with E-state index in [1.807, 2.05) is 60.8 Å². The third-order valence-electron chi connectivity index (χ3n) is 19.3. The summed E-state index contributed by atoms with van der Waals surface area (Å²) in [6, 6.07) is 32.3. The summed E-state index contributed by atoms with van der Waals surface area (Å²) in [5.41, 5.74) is 0.110. The maximum Gasteiger partial charge on any atom is 0.410 e. The first-order valence-electron chi connectivity index (χ1n) is 40.1. The highest BCUT2D eigenvalue weighted by atomic mass is 32.3. The number of nitrogens with zero attached hydrogens (tertiary/aromatic N) is 7. The molecule has 6 amide bonds. The Bertz CT molecular complexity index is 4930. The van der Waals surface area contributed by atoms with Crippen LogP contribution in [0.2, 0.25) is 0 Å². The fourth-order valence-corrected chi connectivity index (χ4v) is 17.0. The summed E-state index contributed by atoms with van der Waals surface area (Å²) in [7, 11) is -12.2. The molecule has 124 heavy (non-hydrogen) atoms. The molecule has 14 N–H and O–H groups in total. The van der Waals surface area contributed by atoms with E-state index < -0.39 is 156 Å². The van der Waals surface area contributed by atoms with E-state index in [-0.39, 0.29) is 137 Å². The quantitative estimate of drug-likeness (QED) is 0.00849. The first-order chi connectivity index (χ1) is 58.1. The summed E-state index contributed by atoms with van der Waals surface area (Å²) >= 11 is 0. The number of benzene rings is 5. The van der Waals surface area contributed by atoms with E-state index in [0.717, 1.165) is 22.3 Å². The highest BCUT2D eigenvalue weighted by Gasteiger charge is 2.41. The number of pyridine rings is 1. The van der Waals surface area contributed by atoms with Crippen LogP contribution in [0.3, 0.4) is 0 Å². The monoisotopic (exact) mass is 1780 g/mol. The van der Waals surface area contributed by atoms with Crippen LogP contribution in [0.1, 0.15) is 119 Å². The number of carboxylic acid groups (broad SMARTS) is 1.